The SMILES string of the molecule is Cc1cn2c(n1)CCC(NC(c1ccccc1)C1CC1)C2. The van der Waals surface area contributed by atoms with Gasteiger partial charge >= 0.3 is 0 Å². The number of aryl methyl sites for hydroxylation is 2. The van der Waals surface area contributed by atoms with Crippen molar-refractivity contribution < 1.29 is 0 Å². The molecule has 3 nitrogen and oxygen atoms in total. The zero-order valence-corrected chi connectivity index (χ0v) is 12.6. The third kappa shape index (κ3) is 2.75. The van der Waals surface area contributed by atoms with E-state index in [0.29, 0.717) is 12.1 Å². The van der Waals surface area contributed by atoms with Crippen LogP contribution < -0.4 is 5.32 Å². The minimum Gasteiger partial charge on any atom is -0.333 e. The molecule has 1 aromatic heterocycles. The zero-order valence-electron chi connectivity index (χ0n) is 12.6. The largest absolute Gasteiger partial charge is 0.333 e. The lowest BCUT2D eigenvalue weighted by Gasteiger charge is -2.30. The lowest BCUT2D eigenvalue weighted by molar-refractivity contribution is 0.326. The molecule has 2 aliphatic rings. The van der Waals surface area contributed by atoms with E-state index in [-0.39, 0.29) is 0 Å². The molecular weight excluding hydrogens is 258 g/mol. The summed E-state index contributed by atoms with van der Waals surface area (Å²) in [4.78, 5) is 4.61. The molecule has 21 heavy (non-hydrogen) atoms. The average molecular weight is 281 g/mol. The first kappa shape index (κ1) is 13.1. The maximum atomic E-state index is 4.61. The van der Waals surface area contributed by atoms with Crippen LogP contribution in [0.1, 0.15) is 42.4 Å². The zero-order chi connectivity index (χ0) is 14.2. The van der Waals surface area contributed by atoms with Crippen molar-refractivity contribution in [1.29, 1.82) is 0 Å². The minimum absolute atomic E-state index is 0.530. The summed E-state index contributed by atoms with van der Waals surface area (Å²) in [5, 5.41) is 3.94. The maximum absolute atomic E-state index is 4.61. The Bertz CT molecular complexity index is 613. The third-order valence-corrected chi connectivity index (χ3v) is 4.78. The molecule has 0 amide bonds. The van der Waals surface area contributed by atoms with E-state index in [1.54, 1.807) is 0 Å². The first-order valence-corrected chi connectivity index (χ1v) is 8.13. The predicted molar refractivity (Wildman–Crippen MR) is 84.1 cm³/mol. The normalized spacial score (nSPS) is 22.8. The fourth-order valence-electron chi connectivity index (χ4n) is 3.57. The number of nitrogens with one attached hydrogen (secondary N) is 1. The van der Waals surface area contributed by atoms with Crippen LogP contribution >= 0.6 is 0 Å². The van der Waals surface area contributed by atoms with Crippen molar-refractivity contribution in [2.24, 2.45) is 5.92 Å². The number of hydrogen-bond acceptors (Lipinski definition) is 2. The van der Waals surface area contributed by atoms with Gasteiger partial charge < -0.3 is 9.88 Å². The number of imidazole rings is 1. The molecule has 0 spiro atoms. The quantitative estimate of drug-likeness (QED) is 0.932. The fourth-order valence-corrected chi connectivity index (χ4v) is 3.57. The van der Waals surface area contributed by atoms with Gasteiger partial charge in [0.05, 0.1) is 5.69 Å². The minimum atomic E-state index is 0.530. The summed E-state index contributed by atoms with van der Waals surface area (Å²) < 4.78 is 2.34. The van der Waals surface area contributed by atoms with Gasteiger partial charge in [0, 0.05) is 31.2 Å². The number of hydrogen-bond donors (Lipinski definition) is 1. The first-order valence-electron chi connectivity index (χ1n) is 8.13. The Labute approximate surface area is 126 Å². The van der Waals surface area contributed by atoms with Crippen LogP contribution in [-0.2, 0) is 13.0 Å². The van der Waals surface area contributed by atoms with Crippen molar-refractivity contribution in [3.8, 4) is 0 Å². The van der Waals surface area contributed by atoms with E-state index in [1.165, 1.54) is 30.7 Å². The van der Waals surface area contributed by atoms with E-state index in [2.05, 4.69) is 58.3 Å². The Morgan fingerprint density at radius 3 is 2.76 bits per heavy atom. The van der Waals surface area contributed by atoms with E-state index < -0.39 is 0 Å². The first-order chi connectivity index (χ1) is 10.3. The predicted octanol–water partition coefficient (Wildman–Crippen LogP) is 3.25. The van der Waals surface area contributed by atoms with Crippen LogP contribution in [-0.4, -0.2) is 15.6 Å². The lowest BCUT2D eigenvalue weighted by atomic mass is 9.99. The van der Waals surface area contributed by atoms with Crippen LogP contribution in [0, 0.1) is 12.8 Å². The standard InChI is InChI=1S/C18H23N3/c1-13-11-21-12-16(9-10-17(21)19-13)20-18(15-7-8-15)14-5-3-2-4-6-14/h2-6,11,15-16,18,20H,7-10,12H2,1H3. The van der Waals surface area contributed by atoms with Crippen molar-refractivity contribution in [3.05, 3.63) is 53.6 Å². The molecule has 4 rings (SSSR count). The van der Waals surface area contributed by atoms with Gasteiger partial charge in [0.25, 0.3) is 0 Å². The fraction of sp³-hybridized carbons (Fsp3) is 0.500. The van der Waals surface area contributed by atoms with E-state index in [9.17, 15) is 0 Å². The van der Waals surface area contributed by atoms with Crippen LogP contribution in [0.15, 0.2) is 36.5 Å². The topological polar surface area (TPSA) is 29.9 Å². The maximum Gasteiger partial charge on any atom is 0.109 e. The monoisotopic (exact) mass is 281 g/mol. The molecule has 1 saturated carbocycles. The highest BCUT2D eigenvalue weighted by Crippen LogP contribution is 2.41. The Balaban J connectivity index is 1.49. The molecule has 2 unspecified atom stereocenters. The highest BCUT2D eigenvalue weighted by atomic mass is 15.1. The molecular formula is C18H23N3. The van der Waals surface area contributed by atoms with Crippen molar-refractivity contribution in [2.75, 3.05) is 0 Å². The summed E-state index contributed by atoms with van der Waals surface area (Å²) in [5.74, 6) is 2.09. The summed E-state index contributed by atoms with van der Waals surface area (Å²) in [6.07, 6.45) is 7.23. The van der Waals surface area contributed by atoms with Gasteiger partial charge in [0.1, 0.15) is 5.82 Å². The molecule has 2 heterocycles. The molecule has 2 atom stereocenters. The molecule has 1 fully saturated rings. The number of benzene rings is 1. The van der Waals surface area contributed by atoms with Gasteiger partial charge in [-0.2, -0.15) is 0 Å². The second-order valence-electron chi connectivity index (χ2n) is 6.58. The van der Waals surface area contributed by atoms with Crippen molar-refractivity contribution in [1.82, 2.24) is 14.9 Å². The van der Waals surface area contributed by atoms with Gasteiger partial charge in [-0.1, -0.05) is 30.3 Å². The summed E-state index contributed by atoms with van der Waals surface area (Å²) in [6, 6.07) is 12.1. The molecule has 1 N–H and O–H groups in total. The summed E-state index contributed by atoms with van der Waals surface area (Å²) >= 11 is 0. The van der Waals surface area contributed by atoms with E-state index in [4.69, 9.17) is 0 Å². The highest BCUT2D eigenvalue weighted by Gasteiger charge is 2.34. The second kappa shape index (κ2) is 5.30. The number of fused-ring (bicyclic) bond motifs is 1. The number of aromatic nitrogens is 2. The molecule has 1 aliphatic heterocycles. The van der Waals surface area contributed by atoms with Gasteiger partial charge in [-0.3, -0.25) is 0 Å². The van der Waals surface area contributed by atoms with Gasteiger partial charge in [0.2, 0.25) is 0 Å². The summed E-state index contributed by atoms with van der Waals surface area (Å²) in [7, 11) is 0. The van der Waals surface area contributed by atoms with Gasteiger partial charge in [-0.05, 0) is 37.7 Å². The van der Waals surface area contributed by atoms with Crippen LogP contribution in [0.4, 0.5) is 0 Å². The Kier molecular flexibility index (Phi) is 3.30. The molecule has 2 aromatic rings. The Morgan fingerprint density at radius 2 is 2.00 bits per heavy atom. The van der Waals surface area contributed by atoms with Crippen molar-refractivity contribution >= 4 is 0 Å². The van der Waals surface area contributed by atoms with Crippen LogP contribution in [0.25, 0.3) is 0 Å². The van der Waals surface area contributed by atoms with E-state index >= 15 is 0 Å². The third-order valence-electron chi connectivity index (χ3n) is 4.78. The van der Waals surface area contributed by atoms with Gasteiger partial charge in [-0.25, -0.2) is 4.98 Å². The van der Waals surface area contributed by atoms with E-state index in [0.717, 1.165) is 24.6 Å². The molecule has 3 heteroatoms. The lowest BCUT2D eigenvalue weighted by Crippen LogP contribution is -2.40. The van der Waals surface area contributed by atoms with Crippen LogP contribution in [0.3, 0.4) is 0 Å². The highest BCUT2D eigenvalue weighted by molar-refractivity contribution is 5.21. The average Bonchev–Trinajstić information content (AvgIpc) is 3.27. The Hall–Kier alpha value is -1.61. The molecule has 0 radical (unpaired) electrons. The molecule has 1 aliphatic carbocycles. The smallest absolute Gasteiger partial charge is 0.109 e. The van der Waals surface area contributed by atoms with Crippen molar-refractivity contribution in [3.63, 3.8) is 0 Å². The van der Waals surface area contributed by atoms with Gasteiger partial charge in [0.15, 0.2) is 0 Å². The van der Waals surface area contributed by atoms with Crippen LogP contribution in [0.5, 0.6) is 0 Å². The summed E-state index contributed by atoms with van der Waals surface area (Å²) in [5.41, 5.74) is 2.60. The van der Waals surface area contributed by atoms with Crippen molar-refractivity contribution in [2.45, 2.75) is 51.2 Å². The molecule has 0 bridgehead atoms. The van der Waals surface area contributed by atoms with E-state index in [1.807, 2.05) is 0 Å². The number of rotatable bonds is 4. The van der Waals surface area contributed by atoms with Crippen LogP contribution in [0.2, 0.25) is 0 Å². The Morgan fingerprint density at radius 1 is 1.19 bits per heavy atom. The second-order valence-corrected chi connectivity index (χ2v) is 6.58. The number of nitrogens with zero attached hydrogens (tertiary/aromatic N) is 2. The molecule has 0 saturated heterocycles. The molecule has 110 valence electrons. The molecule has 1 aromatic carbocycles. The summed E-state index contributed by atoms with van der Waals surface area (Å²) in [6.45, 7) is 3.15. The van der Waals surface area contributed by atoms with Gasteiger partial charge in [-0.15, -0.1) is 0 Å².